The maximum Gasteiger partial charge on any atom is 0.159 e. The van der Waals surface area contributed by atoms with Crippen LogP contribution in [0.25, 0.3) is 22.5 Å². The van der Waals surface area contributed by atoms with Gasteiger partial charge in [0, 0.05) is 23.5 Å². The summed E-state index contributed by atoms with van der Waals surface area (Å²) in [6.45, 7) is 4.56. The minimum atomic E-state index is 0.737. The number of hydrogen-bond donors (Lipinski definition) is 0. The van der Waals surface area contributed by atoms with Crippen LogP contribution in [0, 0.1) is 5.92 Å². The first-order valence-electron chi connectivity index (χ1n) is 12.8. The Kier molecular flexibility index (Phi) is 8.09. The van der Waals surface area contributed by atoms with E-state index >= 15 is 0 Å². The molecule has 0 saturated heterocycles. The maximum atomic E-state index is 4.66. The molecule has 2 nitrogen and oxygen atoms in total. The molecule has 0 radical (unpaired) electrons. The van der Waals surface area contributed by atoms with Crippen molar-refractivity contribution in [1.29, 1.82) is 0 Å². The summed E-state index contributed by atoms with van der Waals surface area (Å²) in [5, 5.41) is 0. The first-order valence-corrected chi connectivity index (χ1v) is 12.8. The van der Waals surface area contributed by atoms with E-state index in [0.717, 1.165) is 35.2 Å². The van der Waals surface area contributed by atoms with E-state index in [0.29, 0.717) is 0 Å². The number of rotatable bonds is 9. The molecule has 0 spiro atoms. The first-order chi connectivity index (χ1) is 15.8. The van der Waals surface area contributed by atoms with Crippen LogP contribution in [0.1, 0.15) is 88.7 Å². The third-order valence-electron chi connectivity index (χ3n) is 7.19. The van der Waals surface area contributed by atoms with E-state index in [2.05, 4.69) is 72.3 Å². The molecule has 0 atom stereocenters. The minimum absolute atomic E-state index is 0.737. The number of nitrogens with zero attached hydrogens (tertiary/aromatic N) is 2. The van der Waals surface area contributed by atoms with Crippen LogP contribution in [-0.2, 0) is 6.42 Å². The Hall–Kier alpha value is -2.48. The minimum Gasteiger partial charge on any atom is -0.236 e. The lowest BCUT2D eigenvalue weighted by Gasteiger charge is -2.28. The topological polar surface area (TPSA) is 25.8 Å². The van der Waals surface area contributed by atoms with Gasteiger partial charge in [-0.2, -0.15) is 0 Å². The second kappa shape index (κ2) is 11.4. The van der Waals surface area contributed by atoms with E-state index in [1.165, 1.54) is 74.5 Å². The molecule has 3 aromatic rings. The van der Waals surface area contributed by atoms with Gasteiger partial charge in [-0.1, -0.05) is 88.1 Å². The maximum absolute atomic E-state index is 4.66. The monoisotopic (exact) mass is 426 g/mol. The van der Waals surface area contributed by atoms with Crippen molar-refractivity contribution in [2.45, 2.75) is 84.0 Å². The number of unbranched alkanes of at least 4 members (excludes halogenated alkanes) is 2. The Morgan fingerprint density at radius 2 is 1.34 bits per heavy atom. The molecule has 1 aliphatic carbocycles. The van der Waals surface area contributed by atoms with Crippen molar-refractivity contribution >= 4 is 0 Å². The average Bonchev–Trinajstić information content (AvgIpc) is 2.86. The van der Waals surface area contributed by atoms with Crippen LogP contribution in [0.2, 0.25) is 0 Å². The number of aromatic nitrogens is 2. The van der Waals surface area contributed by atoms with Crippen LogP contribution >= 0.6 is 0 Å². The van der Waals surface area contributed by atoms with Crippen molar-refractivity contribution < 1.29 is 0 Å². The normalized spacial score (nSPS) is 18.6. The molecule has 2 heteroatoms. The van der Waals surface area contributed by atoms with Crippen molar-refractivity contribution in [1.82, 2.24) is 9.97 Å². The summed E-state index contributed by atoms with van der Waals surface area (Å²) < 4.78 is 0. The Morgan fingerprint density at radius 3 is 1.97 bits per heavy atom. The van der Waals surface area contributed by atoms with Crippen LogP contribution in [0.5, 0.6) is 0 Å². The fraction of sp³-hybridized carbons (Fsp3) is 0.467. The standard InChI is InChI=1S/C30H38N2/c1-3-5-6-8-24-11-15-28(16-12-24)30-31-21-29(22-32-30)27-19-17-26(18-20-27)25-13-9-23(7-4-2)10-14-25/h11-12,15-23,25H,3-10,13-14H2,1-2H3/t23-,25-. The molecule has 1 aromatic heterocycles. The highest BCUT2D eigenvalue weighted by atomic mass is 14.9. The van der Waals surface area contributed by atoms with Gasteiger partial charge in [0.2, 0.25) is 0 Å². The highest BCUT2D eigenvalue weighted by Crippen LogP contribution is 2.38. The summed E-state index contributed by atoms with van der Waals surface area (Å²) in [6.07, 6.45) is 17.1. The van der Waals surface area contributed by atoms with Crippen molar-refractivity contribution in [3.05, 3.63) is 72.1 Å². The molecule has 4 rings (SSSR count). The van der Waals surface area contributed by atoms with Gasteiger partial charge >= 0.3 is 0 Å². The Morgan fingerprint density at radius 1 is 0.688 bits per heavy atom. The number of benzene rings is 2. The molecular weight excluding hydrogens is 388 g/mol. The van der Waals surface area contributed by atoms with E-state index in [9.17, 15) is 0 Å². The summed E-state index contributed by atoms with van der Waals surface area (Å²) in [5.41, 5.74) is 6.28. The Bertz CT molecular complexity index is 934. The molecule has 0 aliphatic heterocycles. The SMILES string of the molecule is CCCCCc1ccc(-c2ncc(-c3ccc([C@H]4CC[C@H](CCC)CC4)cc3)cn2)cc1. The quantitative estimate of drug-likeness (QED) is 0.320. The highest BCUT2D eigenvalue weighted by molar-refractivity contribution is 5.64. The van der Waals surface area contributed by atoms with E-state index in [4.69, 9.17) is 0 Å². The molecule has 0 unspecified atom stereocenters. The van der Waals surface area contributed by atoms with Gasteiger partial charge in [-0.15, -0.1) is 0 Å². The fourth-order valence-corrected chi connectivity index (χ4v) is 5.17. The summed E-state index contributed by atoms with van der Waals surface area (Å²) >= 11 is 0. The molecule has 2 aromatic carbocycles. The lowest BCUT2D eigenvalue weighted by molar-refractivity contribution is 0.308. The molecule has 1 aliphatic rings. The van der Waals surface area contributed by atoms with Crippen LogP contribution in [0.3, 0.4) is 0 Å². The molecule has 168 valence electrons. The lowest BCUT2D eigenvalue weighted by atomic mass is 9.77. The van der Waals surface area contributed by atoms with Gasteiger partial charge in [-0.25, -0.2) is 9.97 Å². The van der Waals surface area contributed by atoms with Crippen LogP contribution in [0.4, 0.5) is 0 Å². The van der Waals surface area contributed by atoms with Gasteiger partial charge in [0.25, 0.3) is 0 Å². The lowest BCUT2D eigenvalue weighted by Crippen LogP contribution is -2.13. The molecule has 32 heavy (non-hydrogen) atoms. The predicted molar refractivity (Wildman–Crippen MR) is 136 cm³/mol. The molecule has 0 amide bonds. The summed E-state index contributed by atoms with van der Waals surface area (Å²) in [6, 6.07) is 17.9. The van der Waals surface area contributed by atoms with Crippen LogP contribution in [-0.4, -0.2) is 9.97 Å². The van der Waals surface area contributed by atoms with Gasteiger partial charge in [0.1, 0.15) is 0 Å². The summed E-state index contributed by atoms with van der Waals surface area (Å²) in [7, 11) is 0. The van der Waals surface area contributed by atoms with Gasteiger partial charge < -0.3 is 0 Å². The van der Waals surface area contributed by atoms with Gasteiger partial charge in [0.05, 0.1) is 0 Å². The van der Waals surface area contributed by atoms with Crippen molar-refractivity contribution in [3.8, 4) is 22.5 Å². The van der Waals surface area contributed by atoms with Gasteiger partial charge in [-0.3, -0.25) is 0 Å². The van der Waals surface area contributed by atoms with E-state index < -0.39 is 0 Å². The van der Waals surface area contributed by atoms with Gasteiger partial charge in [0.15, 0.2) is 5.82 Å². The zero-order chi connectivity index (χ0) is 22.2. The van der Waals surface area contributed by atoms with Crippen molar-refractivity contribution in [2.75, 3.05) is 0 Å². The van der Waals surface area contributed by atoms with Crippen molar-refractivity contribution in [2.24, 2.45) is 5.92 Å². The molecule has 1 heterocycles. The summed E-state index contributed by atoms with van der Waals surface area (Å²) in [5.74, 6) is 2.50. The van der Waals surface area contributed by atoms with Gasteiger partial charge in [-0.05, 0) is 67.1 Å². The van der Waals surface area contributed by atoms with E-state index in [1.54, 1.807) is 0 Å². The molecule has 1 fully saturated rings. The average molecular weight is 427 g/mol. The summed E-state index contributed by atoms with van der Waals surface area (Å²) in [4.78, 5) is 9.31. The second-order valence-electron chi connectivity index (χ2n) is 9.58. The molecule has 0 bridgehead atoms. The second-order valence-corrected chi connectivity index (χ2v) is 9.58. The largest absolute Gasteiger partial charge is 0.236 e. The Labute approximate surface area is 194 Å². The fourth-order valence-electron chi connectivity index (χ4n) is 5.17. The third kappa shape index (κ3) is 5.85. The molecular formula is C30H38N2. The van der Waals surface area contributed by atoms with Crippen LogP contribution < -0.4 is 0 Å². The predicted octanol–water partition coefficient (Wildman–Crippen LogP) is 8.62. The highest BCUT2D eigenvalue weighted by Gasteiger charge is 2.21. The smallest absolute Gasteiger partial charge is 0.159 e. The third-order valence-corrected chi connectivity index (χ3v) is 7.19. The Balaban J connectivity index is 1.37. The van der Waals surface area contributed by atoms with Crippen molar-refractivity contribution in [3.63, 3.8) is 0 Å². The zero-order valence-corrected chi connectivity index (χ0v) is 19.9. The van der Waals surface area contributed by atoms with E-state index in [-0.39, 0.29) is 0 Å². The molecule has 0 N–H and O–H groups in total. The number of hydrogen-bond acceptors (Lipinski definition) is 2. The number of aryl methyl sites for hydroxylation is 1. The first kappa shape index (κ1) is 22.7. The van der Waals surface area contributed by atoms with E-state index in [1.807, 2.05) is 12.4 Å². The van der Waals surface area contributed by atoms with Crippen LogP contribution in [0.15, 0.2) is 60.9 Å². The zero-order valence-electron chi connectivity index (χ0n) is 19.9. The molecule has 1 saturated carbocycles.